The van der Waals surface area contributed by atoms with Gasteiger partial charge in [0, 0.05) is 24.9 Å². The molecule has 0 radical (unpaired) electrons. The first-order valence-corrected chi connectivity index (χ1v) is 8.58. The Bertz CT molecular complexity index is 881. The number of halogens is 1. The third kappa shape index (κ3) is 3.90. The van der Waals surface area contributed by atoms with E-state index in [0.29, 0.717) is 17.0 Å². The van der Waals surface area contributed by atoms with Crippen LogP contribution in [0, 0.1) is 0 Å². The molecule has 3 rings (SSSR count). The number of carbonyl (C=O) groups excluding carboxylic acids is 1. The molecule has 0 aliphatic carbocycles. The molecule has 1 amide bonds. The molecule has 7 nitrogen and oxygen atoms in total. The van der Waals surface area contributed by atoms with E-state index in [4.69, 9.17) is 10.5 Å². The summed E-state index contributed by atoms with van der Waals surface area (Å²) in [5.74, 6) is 1.14. The Labute approximate surface area is 153 Å². The molecule has 0 aliphatic heterocycles. The summed E-state index contributed by atoms with van der Waals surface area (Å²) in [6.45, 7) is 2.60. The molecule has 0 saturated heterocycles. The number of hydrogen-bond acceptors (Lipinski definition) is 5. The number of fused-ring (bicyclic) bond motifs is 1. The number of anilines is 1. The van der Waals surface area contributed by atoms with Crippen LogP contribution in [0.25, 0.3) is 5.52 Å². The maximum absolute atomic E-state index is 11.9. The molecular weight excluding hydrogens is 386 g/mol. The van der Waals surface area contributed by atoms with Crippen molar-refractivity contribution in [3.63, 3.8) is 0 Å². The lowest BCUT2D eigenvalue weighted by atomic mass is 10.1. The fourth-order valence-electron chi connectivity index (χ4n) is 2.49. The second kappa shape index (κ2) is 7.52. The number of ether oxygens (including phenoxy) is 1. The molecule has 130 valence electrons. The summed E-state index contributed by atoms with van der Waals surface area (Å²) in [6, 6.07) is 9.53. The lowest BCUT2D eigenvalue weighted by Crippen LogP contribution is -2.28. The maximum Gasteiger partial charge on any atom is 0.407 e. The molecule has 0 spiro atoms. The SMILES string of the molecule is C[C@@H](CNC(=O)OCc1ccccc1)c1nc(Br)c2c(N)nccn12. The minimum atomic E-state index is -0.461. The van der Waals surface area contributed by atoms with Gasteiger partial charge in [-0.2, -0.15) is 0 Å². The Kier molecular flexibility index (Phi) is 5.18. The van der Waals surface area contributed by atoms with Crippen molar-refractivity contribution in [2.75, 3.05) is 12.3 Å². The summed E-state index contributed by atoms with van der Waals surface area (Å²) < 4.78 is 7.71. The van der Waals surface area contributed by atoms with Crippen LogP contribution in [0.1, 0.15) is 24.2 Å². The zero-order valence-corrected chi connectivity index (χ0v) is 15.2. The predicted octanol–water partition coefficient (Wildman–Crippen LogP) is 3.10. The molecule has 0 fully saturated rings. The number of alkyl carbamates (subject to hydrolysis) is 1. The van der Waals surface area contributed by atoms with Gasteiger partial charge in [-0.25, -0.2) is 14.8 Å². The van der Waals surface area contributed by atoms with Gasteiger partial charge in [-0.15, -0.1) is 0 Å². The van der Waals surface area contributed by atoms with E-state index in [0.717, 1.165) is 16.9 Å². The van der Waals surface area contributed by atoms with E-state index in [9.17, 15) is 4.79 Å². The zero-order valence-electron chi connectivity index (χ0n) is 13.6. The molecule has 3 aromatic rings. The van der Waals surface area contributed by atoms with E-state index < -0.39 is 6.09 Å². The molecule has 25 heavy (non-hydrogen) atoms. The van der Waals surface area contributed by atoms with Crippen LogP contribution in [-0.4, -0.2) is 27.0 Å². The van der Waals surface area contributed by atoms with Crippen molar-refractivity contribution >= 4 is 33.4 Å². The summed E-state index contributed by atoms with van der Waals surface area (Å²) in [4.78, 5) is 20.4. The second-order valence-corrected chi connectivity index (χ2v) is 6.39. The molecule has 8 heteroatoms. The summed E-state index contributed by atoms with van der Waals surface area (Å²) in [7, 11) is 0. The third-order valence-electron chi connectivity index (χ3n) is 3.77. The van der Waals surface area contributed by atoms with Gasteiger partial charge in [0.2, 0.25) is 0 Å². The average Bonchev–Trinajstić information content (AvgIpc) is 2.97. The molecule has 0 bridgehead atoms. The highest BCUT2D eigenvalue weighted by molar-refractivity contribution is 9.10. The van der Waals surface area contributed by atoms with Gasteiger partial charge >= 0.3 is 6.09 Å². The predicted molar refractivity (Wildman–Crippen MR) is 98.1 cm³/mol. The number of nitrogens with zero attached hydrogens (tertiary/aromatic N) is 3. The summed E-state index contributed by atoms with van der Waals surface area (Å²) in [5, 5.41) is 2.76. The molecule has 0 saturated carbocycles. The minimum Gasteiger partial charge on any atom is -0.445 e. The zero-order chi connectivity index (χ0) is 17.8. The van der Waals surface area contributed by atoms with Crippen molar-refractivity contribution in [2.24, 2.45) is 0 Å². The highest BCUT2D eigenvalue weighted by atomic mass is 79.9. The Morgan fingerprint density at radius 2 is 2.16 bits per heavy atom. The molecule has 1 atom stereocenters. The first-order valence-electron chi connectivity index (χ1n) is 7.78. The van der Waals surface area contributed by atoms with Gasteiger partial charge in [0.05, 0.1) is 0 Å². The molecule has 3 N–H and O–H groups in total. The summed E-state index contributed by atoms with van der Waals surface area (Å²) in [6.07, 6.45) is 2.95. The van der Waals surface area contributed by atoms with E-state index in [1.54, 1.807) is 12.4 Å². The number of rotatable bonds is 5. The van der Waals surface area contributed by atoms with Gasteiger partial charge in [-0.1, -0.05) is 37.3 Å². The van der Waals surface area contributed by atoms with E-state index in [1.165, 1.54) is 0 Å². The minimum absolute atomic E-state index is 0.0372. The van der Waals surface area contributed by atoms with Gasteiger partial charge in [0.25, 0.3) is 0 Å². The highest BCUT2D eigenvalue weighted by Gasteiger charge is 2.18. The van der Waals surface area contributed by atoms with Crippen LogP contribution >= 0.6 is 15.9 Å². The molecule has 2 heterocycles. The van der Waals surface area contributed by atoms with Crippen molar-refractivity contribution in [1.82, 2.24) is 19.7 Å². The van der Waals surface area contributed by atoms with Gasteiger partial charge in [0.1, 0.15) is 22.6 Å². The number of imidazole rings is 1. The number of hydrogen-bond donors (Lipinski definition) is 2. The van der Waals surface area contributed by atoms with Gasteiger partial charge in [0.15, 0.2) is 5.82 Å². The number of nitrogen functional groups attached to an aromatic ring is 1. The van der Waals surface area contributed by atoms with E-state index >= 15 is 0 Å². The van der Waals surface area contributed by atoms with Gasteiger partial charge < -0.3 is 15.8 Å². The normalized spacial score (nSPS) is 12.1. The quantitative estimate of drug-likeness (QED) is 0.682. The topological polar surface area (TPSA) is 94.5 Å². The Balaban J connectivity index is 1.60. The van der Waals surface area contributed by atoms with Crippen LogP contribution in [0.3, 0.4) is 0 Å². The molecule has 2 aromatic heterocycles. The largest absolute Gasteiger partial charge is 0.445 e. The van der Waals surface area contributed by atoms with E-state index in [2.05, 4.69) is 31.2 Å². The van der Waals surface area contributed by atoms with E-state index in [1.807, 2.05) is 41.7 Å². The lowest BCUT2D eigenvalue weighted by molar-refractivity contribution is 0.139. The van der Waals surface area contributed by atoms with Crippen molar-refractivity contribution in [3.05, 3.63) is 58.7 Å². The Morgan fingerprint density at radius 1 is 1.40 bits per heavy atom. The number of carbonyl (C=O) groups is 1. The summed E-state index contributed by atoms with van der Waals surface area (Å²) >= 11 is 3.40. The molecule has 0 unspecified atom stereocenters. The van der Waals surface area contributed by atoms with Crippen LogP contribution in [0.5, 0.6) is 0 Å². The van der Waals surface area contributed by atoms with Crippen LogP contribution in [-0.2, 0) is 11.3 Å². The maximum atomic E-state index is 11.9. The number of amides is 1. The first-order chi connectivity index (χ1) is 12.1. The van der Waals surface area contributed by atoms with Crippen LogP contribution in [0.15, 0.2) is 47.3 Å². The van der Waals surface area contributed by atoms with Crippen molar-refractivity contribution in [2.45, 2.75) is 19.4 Å². The van der Waals surface area contributed by atoms with Gasteiger partial charge in [-0.3, -0.25) is 4.40 Å². The van der Waals surface area contributed by atoms with Crippen LogP contribution < -0.4 is 11.1 Å². The van der Waals surface area contributed by atoms with Crippen molar-refractivity contribution < 1.29 is 9.53 Å². The van der Waals surface area contributed by atoms with Crippen molar-refractivity contribution in [3.8, 4) is 0 Å². The highest BCUT2D eigenvalue weighted by Crippen LogP contribution is 2.26. The number of nitrogens with two attached hydrogens (primary N) is 1. The van der Waals surface area contributed by atoms with E-state index in [-0.39, 0.29) is 12.5 Å². The average molecular weight is 404 g/mol. The molecule has 0 aliphatic rings. The fourth-order valence-corrected chi connectivity index (χ4v) is 3.07. The Morgan fingerprint density at radius 3 is 2.92 bits per heavy atom. The van der Waals surface area contributed by atoms with Crippen molar-refractivity contribution in [1.29, 1.82) is 0 Å². The first kappa shape index (κ1) is 17.2. The third-order valence-corrected chi connectivity index (χ3v) is 4.33. The standard InChI is InChI=1S/C17H18BrN5O2/c1-11(9-21-17(24)25-10-12-5-3-2-4-6-12)16-22-14(18)13-15(19)20-7-8-23(13)16/h2-8,11H,9-10H2,1H3,(H2,19,20)(H,21,24)/t11-/m0/s1. The van der Waals surface area contributed by atoms with Crippen LogP contribution in [0.4, 0.5) is 10.6 Å². The molecular formula is C17H18BrN5O2. The van der Waals surface area contributed by atoms with Gasteiger partial charge in [-0.05, 0) is 21.5 Å². The lowest BCUT2D eigenvalue weighted by Gasteiger charge is -2.12. The Hall–Kier alpha value is -2.61. The fraction of sp³-hybridized carbons (Fsp3) is 0.235. The van der Waals surface area contributed by atoms with Crippen LogP contribution in [0.2, 0.25) is 0 Å². The number of aromatic nitrogens is 3. The monoisotopic (exact) mass is 403 g/mol. The number of benzene rings is 1. The summed E-state index contributed by atoms with van der Waals surface area (Å²) in [5.41, 5.74) is 7.56. The second-order valence-electron chi connectivity index (χ2n) is 5.64. The molecule has 1 aromatic carbocycles. The smallest absolute Gasteiger partial charge is 0.407 e. The number of nitrogens with one attached hydrogen (secondary N) is 1.